The van der Waals surface area contributed by atoms with E-state index in [0.717, 1.165) is 18.6 Å². The third kappa shape index (κ3) is 3.20. The van der Waals surface area contributed by atoms with E-state index >= 15 is 0 Å². The van der Waals surface area contributed by atoms with E-state index < -0.39 is 0 Å². The van der Waals surface area contributed by atoms with Crippen LogP contribution in [0.3, 0.4) is 0 Å². The van der Waals surface area contributed by atoms with E-state index in [-0.39, 0.29) is 6.04 Å². The second kappa shape index (κ2) is 6.58. The van der Waals surface area contributed by atoms with Gasteiger partial charge in [0.25, 0.3) is 0 Å². The van der Waals surface area contributed by atoms with Crippen molar-refractivity contribution in [1.82, 2.24) is 0 Å². The van der Waals surface area contributed by atoms with E-state index in [2.05, 4.69) is 50.2 Å². The molecule has 0 fully saturated rings. The molecule has 0 saturated heterocycles. The van der Waals surface area contributed by atoms with Gasteiger partial charge in [0.15, 0.2) is 0 Å². The molecule has 0 aliphatic rings. The molecule has 0 heterocycles. The van der Waals surface area contributed by atoms with Crippen molar-refractivity contribution in [2.45, 2.75) is 32.7 Å². The number of methoxy groups -OCH3 is 1. The van der Waals surface area contributed by atoms with Crippen molar-refractivity contribution in [2.75, 3.05) is 7.11 Å². The standard InChI is InChI=1S/C18H23NO/c1-4-14-7-5-6-8-16(14)17(19)12-15-11-13(2)9-10-18(15)20-3/h5-11,17H,4,12,19H2,1-3H3. The van der Waals surface area contributed by atoms with Crippen molar-refractivity contribution in [1.29, 1.82) is 0 Å². The van der Waals surface area contributed by atoms with Crippen LogP contribution in [0, 0.1) is 6.92 Å². The predicted molar refractivity (Wildman–Crippen MR) is 84.2 cm³/mol. The highest BCUT2D eigenvalue weighted by Gasteiger charge is 2.13. The van der Waals surface area contributed by atoms with Gasteiger partial charge in [-0.2, -0.15) is 0 Å². The summed E-state index contributed by atoms with van der Waals surface area (Å²) in [6.07, 6.45) is 1.80. The fourth-order valence-corrected chi connectivity index (χ4v) is 2.63. The van der Waals surface area contributed by atoms with Crippen molar-refractivity contribution in [2.24, 2.45) is 5.73 Å². The SMILES string of the molecule is CCc1ccccc1C(N)Cc1cc(C)ccc1OC. The molecule has 2 rings (SSSR count). The lowest BCUT2D eigenvalue weighted by molar-refractivity contribution is 0.408. The first-order valence-electron chi connectivity index (χ1n) is 7.12. The van der Waals surface area contributed by atoms with Crippen LogP contribution in [0.25, 0.3) is 0 Å². The third-order valence-electron chi connectivity index (χ3n) is 3.71. The van der Waals surface area contributed by atoms with E-state index in [9.17, 15) is 0 Å². The average Bonchev–Trinajstić information content (AvgIpc) is 2.47. The van der Waals surface area contributed by atoms with Crippen LogP contribution in [0.5, 0.6) is 5.75 Å². The van der Waals surface area contributed by atoms with Crippen LogP contribution >= 0.6 is 0 Å². The summed E-state index contributed by atoms with van der Waals surface area (Å²) in [7, 11) is 1.71. The molecule has 0 saturated carbocycles. The Hall–Kier alpha value is -1.80. The molecule has 1 unspecified atom stereocenters. The average molecular weight is 269 g/mol. The molecule has 1 atom stereocenters. The Morgan fingerprint density at radius 1 is 1.10 bits per heavy atom. The van der Waals surface area contributed by atoms with Crippen molar-refractivity contribution in [3.05, 3.63) is 64.7 Å². The lowest BCUT2D eigenvalue weighted by Gasteiger charge is -2.18. The summed E-state index contributed by atoms with van der Waals surface area (Å²) in [6.45, 7) is 4.26. The molecule has 0 radical (unpaired) electrons. The van der Waals surface area contributed by atoms with Gasteiger partial charge in [0.1, 0.15) is 5.75 Å². The van der Waals surface area contributed by atoms with Gasteiger partial charge < -0.3 is 10.5 Å². The Labute approximate surface area is 121 Å². The molecule has 2 nitrogen and oxygen atoms in total. The van der Waals surface area contributed by atoms with E-state index in [1.54, 1.807) is 7.11 Å². The topological polar surface area (TPSA) is 35.2 Å². The van der Waals surface area contributed by atoms with Crippen LogP contribution in [0.15, 0.2) is 42.5 Å². The molecule has 0 aliphatic carbocycles. The Morgan fingerprint density at radius 2 is 1.85 bits per heavy atom. The Kier molecular flexibility index (Phi) is 4.80. The molecule has 0 amide bonds. The van der Waals surface area contributed by atoms with Gasteiger partial charge in [-0.05, 0) is 42.5 Å². The molecular formula is C18H23NO. The first kappa shape index (κ1) is 14.6. The van der Waals surface area contributed by atoms with Gasteiger partial charge >= 0.3 is 0 Å². The molecule has 0 aromatic heterocycles. The maximum Gasteiger partial charge on any atom is 0.122 e. The molecular weight excluding hydrogens is 246 g/mol. The summed E-state index contributed by atoms with van der Waals surface area (Å²) in [6, 6.07) is 14.7. The van der Waals surface area contributed by atoms with Crippen LogP contribution in [0.1, 0.15) is 35.2 Å². The molecule has 0 spiro atoms. The largest absolute Gasteiger partial charge is 0.496 e. The highest BCUT2D eigenvalue weighted by atomic mass is 16.5. The van der Waals surface area contributed by atoms with Crippen LogP contribution in [0.2, 0.25) is 0 Å². The second-order valence-electron chi connectivity index (χ2n) is 5.18. The molecule has 2 aromatic rings. The first-order chi connectivity index (χ1) is 9.65. The summed E-state index contributed by atoms with van der Waals surface area (Å²) < 4.78 is 5.44. The highest BCUT2D eigenvalue weighted by molar-refractivity contribution is 5.39. The van der Waals surface area contributed by atoms with Gasteiger partial charge in [-0.1, -0.05) is 48.9 Å². The van der Waals surface area contributed by atoms with E-state index in [4.69, 9.17) is 10.5 Å². The first-order valence-corrected chi connectivity index (χ1v) is 7.12. The summed E-state index contributed by atoms with van der Waals surface area (Å²) in [5.41, 5.74) is 11.4. The highest BCUT2D eigenvalue weighted by Crippen LogP contribution is 2.26. The Morgan fingerprint density at radius 3 is 2.55 bits per heavy atom. The summed E-state index contributed by atoms with van der Waals surface area (Å²) in [4.78, 5) is 0. The number of ether oxygens (including phenoxy) is 1. The fourth-order valence-electron chi connectivity index (χ4n) is 2.63. The lowest BCUT2D eigenvalue weighted by Crippen LogP contribution is -2.15. The van der Waals surface area contributed by atoms with Crippen molar-refractivity contribution in [3.63, 3.8) is 0 Å². The number of benzene rings is 2. The van der Waals surface area contributed by atoms with Gasteiger partial charge in [0.05, 0.1) is 7.11 Å². The number of aryl methyl sites for hydroxylation is 2. The molecule has 2 N–H and O–H groups in total. The minimum atomic E-state index is 0.00171. The monoisotopic (exact) mass is 269 g/mol. The number of hydrogen-bond acceptors (Lipinski definition) is 2. The van der Waals surface area contributed by atoms with Gasteiger partial charge in [0, 0.05) is 6.04 Å². The zero-order valence-electron chi connectivity index (χ0n) is 12.5. The molecule has 0 aliphatic heterocycles. The Balaban J connectivity index is 2.27. The van der Waals surface area contributed by atoms with Gasteiger partial charge in [-0.3, -0.25) is 0 Å². The van der Waals surface area contributed by atoms with E-state index in [0.29, 0.717) is 0 Å². The van der Waals surface area contributed by atoms with Crippen molar-refractivity contribution >= 4 is 0 Å². The zero-order valence-corrected chi connectivity index (χ0v) is 12.5. The second-order valence-corrected chi connectivity index (χ2v) is 5.18. The van der Waals surface area contributed by atoms with Crippen LogP contribution < -0.4 is 10.5 Å². The lowest BCUT2D eigenvalue weighted by atomic mass is 9.93. The Bertz CT molecular complexity index is 577. The predicted octanol–water partition coefficient (Wildman–Crippen LogP) is 3.81. The zero-order chi connectivity index (χ0) is 14.5. The summed E-state index contributed by atoms with van der Waals surface area (Å²) >= 11 is 0. The molecule has 20 heavy (non-hydrogen) atoms. The van der Waals surface area contributed by atoms with E-state index in [1.165, 1.54) is 22.3 Å². The van der Waals surface area contributed by atoms with Gasteiger partial charge in [-0.15, -0.1) is 0 Å². The minimum Gasteiger partial charge on any atom is -0.496 e. The van der Waals surface area contributed by atoms with Crippen LogP contribution in [-0.4, -0.2) is 7.11 Å². The number of nitrogens with two attached hydrogens (primary N) is 1. The van der Waals surface area contributed by atoms with Crippen LogP contribution in [-0.2, 0) is 12.8 Å². The minimum absolute atomic E-state index is 0.00171. The molecule has 0 bridgehead atoms. The van der Waals surface area contributed by atoms with E-state index in [1.807, 2.05) is 6.07 Å². The van der Waals surface area contributed by atoms with Gasteiger partial charge in [-0.25, -0.2) is 0 Å². The number of rotatable bonds is 5. The summed E-state index contributed by atoms with van der Waals surface area (Å²) in [5, 5.41) is 0. The van der Waals surface area contributed by atoms with Crippen molar-refractivity contribution < 1.29 is 4.74 Å². The van der Waals surface area contributed by atoms with Gasteiger partial charge in [0.2, 0.25) is 0 Å². The molecule has 2 aromatic carbocycles. The quantitative estimate of drug-likeness (QED) is 0.896. The molecule has 106 valence electrons. The molecule has 2 heteroatoms. The maximum absolute atomic E-state index is 6.42. The normalized spacial score (nSPS) is 12.2. The smallest absolute Gasteiger partial charge is 0.122 e. The van der Waals surface area contributed by atoms with Crippen LogP contribution in [0.4, 0.5) is 0 Å². The maximum atomic E-state index is 6.42. The number of hydrogen-bond donors (Lipinski definition) is 1. The third-order valence-corrected chi connectivity index (χ3v) is 3.71. The summed E-state index contributed by atoms with van der Waals surface area (Å²) in [5.74, 6) is 0.917. The fraction of sp³-hybridized carbons (Fsp3) is 0.333. The van der Waals surface area contributed by atoms with Crippen molar-refractivity contribution in [3.8, 4) is 5.75 Å².